The third kappa shape index (κ3) is 5.82. The summed E-state index contributed by atoms with van der Waals surface area (Å²) in [4.78, 5) is 31.2. The Bertz CT molecular complexity index is 1470. The number of benzene rings is 1. The second-order valence-corrected chi connectivity index (χ2v) is 8.34. The van der Waals surface area contributed by atoms with Crippen LogP contribution in [0.3, 0.4) is 0 Å². The normalized spacial score (nSPS) is 11.6. The Morgan fingerprint density at radius 3 is 2.69 bits per heavy atom. The molecule has 0 bridgehead atoms. The predicted molar refractivity (Wildman–Crippen MR) is 146 cm³/mol. The molecule has 0 aliphatic carbocycles. The third-order valence-corrected chi connectivity index (χ3v) is 5.54. The number of anilines is 2. The van der Waals surface area contributed by atoms with Crippen LogP contribution in [0.1, 0.15) is 17.4 Å². The van der Waals surface area contributed by atoms with Crippen molar-refractivity contribution >= 4 is 28.4 Å². The molecule has 0 fully saturated rings. The van der Waals surface area contributed by atoms with Crippen LogP contribution in [0.4, 0.5) is 11.6 Å². The number of nitrogens with zero attached hydrogens (tertiary/aromatic N) is 4. The van der Waals surface area contributed by atoms with E-state index in [9.17, 15) is 4.79 Å². The zero-order chi connectivity index (χ0) is 25.5. The van der Waals surface area contributed by atoms with Crippen LogP contribution < -0.4 is 5.32 Å². The molecule has 0 radical (unpaired) electrons. The summed E-state index contributed by atoms with van der Waals surface area (Å²) >= 11 is 0. The first kappa shape index (κ1) is 24.3. The molecule has 0 unspecified atom stereocenters. The molecule has 0 atom stereocenters. The van der Waals surface area contributed by atoms with Gasteiger partial charge in [-0.25, -0.2) is 9.97 Å². The highest BCUT2D eigenvalue weighted by Gasteiger charge is 2.16. The molecule has 7 heteroatoms. The number of likely N-dealkylation sites (N-methyl/N-ethyl adjacent to an activating group) is 1. The quantitative estimate of drug-likeness (QED) is 0.286. The van der Waals surface area contributed by atoms with Crippen molar-refractivity contribution in [2.45, 2.75) is 6.92 Å². The highest BCUT2D eigenvalue weighted by molar-refractivity contribution is 5.98. The van der Waals surface area contributed by atoms with E-state index in [0.29, 0.717) is 18.2 Å². The number of hydrogen-bond acceptors (Lipinski definition) is 5. The van der Waals surface area contributed by atoms with Gasteiger partial charge in [0.15, 0.2) is 0 Å². The van der Waals surface area contributed by atoms with Crippen LogP contribution in [-0.4, -0.2) is 44.3 Å². The van der Waals surface area contributed by atoms with Gasteiger partial charge in [0, 0.05) is 42.6 Å². The second kappa shape index (κ2) is 11.1. The van der Waals surface area contributed by atoms with Gasteiger partial charge in [-0.3, -0.25) is 9.78 Å². The van der Waals surface area contributed by atoms with Crippen molar-refractivity contribution in [2.75, 3.05) is 18.9 Å². The van der Waals surface area contributed by atoms with Crippen LogP contribution in [0.25, 0.3) is 22.3 Å². The van der Waals surface area contributed by atoms with Gasteiger partial charge >= 0.3 is 0 Å². The maximum Gasteiger partial charge on any atom is 0.270 e. The van der Waals surface area contributed by atoms with E-state index in [1.165, 1.54) is 0 Å². The molecule has 7 nitrogen and oxygen atoms in total. The van der Waals surface area contributed by atoms with E-state index in [1.807, 2.05) is 73.7 Å². The molecule has 0 saturated heterocycles. The number of aromatic nitrogens is 4. The zero-order valence-corrected chi connectivity index (χ0v) is 20.4. The van der Waals surface area contributed by atoms with E-state index >= 15 is 0 Å². The molecule has 36 heavy (non-hydrogen) atoms. The summed E-state index contributed by atoms with van der Waals surface area (Å²) in [5, 5.41) is 4.15. The van der Waals surface area contributed by atoms with Crippen LogP contribution in [0, 0.1) is 0 Å². The molecular weight excluding hydrogens is 448 g/mol. The van der Waals surface area contributed by atoms with E-state index in [2.05, 4.69) is 38.4 Å². The number of carbonyl (C=O) groups excluding carboxylic acids is 1. The standard InChI is InChI=1S/C29H28N6O/c1-5-6-7-10-21(20(2)3)19-35(4)28(36)27-18-22-17-23(12-13-24(22)33-27)32-29-31-16-14-26(34-29)25-11-8-9-15-30-25/h5-18,33H,1-2,19H2,3-4H3,(H,31,32,34). The summed E-state index contributed by atoms with van der Waals surface area (Å²) in [5.74, 6) is 0.362. The molecule has 3 heterocycles. The first-order valence-electron chi connectivity index (χ1n) is 11.5. The largest absolute Gasteiger partial charge is 0.351 e. The van der Waals surface area contributed by atoms with Crippen LogP contribution in [0.5, 0.6) is 0 Å². The van der Waals surface area contributed by atoms with Crippen molar-refractivity contribution in [3.05, 3.63) is 115 Å². The minimum absolute atomic E-state index is 0.105. The number of nitrogens with one attached hydrogen (secondary N) is 2. The topological polar surface area (TPSA) is 86.8 Å². The number of amides is 1. The van der Waals surface area contributed by atoms with Crippen molar-refractivity contribution in [2.24, 2.45) is 0 Å². The molecule has 3 aromatic heterocycles. The minimum atomic E-state index is -0.105. The van der Waals surface area contributed by atoms with Crippen LogP contribution in [-0.2, 0) is 0 Å². The van der Waals surface area contributed by atoms with Crippen LogP contribution in [0.2, 0.25) is 0 Å². The number of fused-ring (bicyclic) bond motifs is 1. The van der Waals surface area contributed by atoms with Gasteiger partial charge in [-0.05, 0) is 55.0 Å². The first-order chi connectivity index (χ1) is 17.4. The summed E-state index contributed by atoms with van der Waals surface area (Å²) in [6, 6.07) is 15.2. The molecule has 180 valence electrons. The molecule has 4 aromatic rings. The highest BCUT2D eigenvalue weighted by atomic mass is 16.2. The number of carbonyl (C=O) groups is 1. The number of hydrogen-bond donors (Lipinski definition) is 2. The maximum absolute atomic E-state index is 13.1. The number of pyridine rings is 1. The summed E-state index contributed by atoms with van der Waals surface area (Å²) in [6.07, 6.45) is 10.8. The highest BCUT2D eigenvalue weighted by Crippen LogP contribution is 2.24. The fourth-order valence-corrected chi connectivity index (χ4v) is 3.64. The molecule has 0 aliphatic rings. The van der Waals surface area contributed by atoms with Gasteiger partial charge in [0.2, 0.25) is 5.95 Å². The van der Waals surface area contributed by atoms with Crippen molar-refractivity contribution in [3.63, 3.8) is 0 Å². The minimum Gasteiger partial charge on any atom is -0.351 e. The lowest BCUT2D eigenvalue weighted by Gasteiger charge is -2.18. The maximum atomic E-state index is 13.1. The van der Waals surface area contributed by atoms with E-state index in [-0.39, 0.29) is 5.91 Å². The molecule has 0 aliphatic heterocycles. The second-order valence-electron chi connectivity index (χ2n) is 8.34. The van der Waals surface area contributed by atoms with Gasteiger partial charge in [-0.15, -0.1) is 0 Å². The van der Waals surface area contributed by atoms with Gasteiger partial charge in [-0.1, -0.05) is 49.1 Å². The average molecular weight is 477 g/mol. The molecule has 0 saturated carbocycles. The summed E-state index contributed by atoms with van der Waals surface area (Å²) < 4.78 is 0. The van der Waals surface area contributed by atoms with Crippen molar-refractivity contribution < 1.29 is 4.79 Å². The average Bonchev–Trinajstić information content (AvgIpc) is 3.31. The molecular formula is C29H28N6O. The zero-order valence-electron chi connectivity index (χ0n) is 20.4. The molecule has 4 rings (SSSR count). The van der Waals surface area contributed by atoms with Crippen molar-refractivity contribution in [1.82, 2.24) is 24.8 Å². The SMILES string of the molecule is C=CC=CC=C(CN(C)C(=O)c1cc2cc(Nc3nccc(-c4ccccn4)n3)ccc2[nH]1)C(=C)C. The van der Waals surface area contributed by atoms with Gasteiger partial charge in [0.1, 0.15) is 5.69 Å². The number of allylic oxidation sites excluding steroid dienone is 4. The van der Waals surface area contributed by atoms with E-state index in [4.69, 9.17) is 0 Å². The molecule has 1 amide bonds. The Labute approximate surface area is 210 Å². The van der Waals surface area contributed by atoms with E-state index in [1.54, 1.807) is 30.4 Å². The molecule has 1 aromatic carbocycles. The number of rotatable bonds is 9. The molecule has 0 spiro atoms. The Morgan fingerprint density at radius 1 is 1.08 bits per heavy atom. The Balaban J connectivity index is 1.51. The Morgan fingerprint density at radius 2 is 1.94 bits per heavy atom. The first-order valence-corrected chi connectivity index (χ1v) is 11.5. The van der Waals surface area contributed by atoms with Crippen molar-refractivity contribution in [3.8, 4) is 11.4 Å². The van der Waals surface area contributed by atoms with E-state index in [0.717, 1.165) is 39.1 Å². The Hall–Kier alpha value is -4.78. The van der Waals surface area contributed by atoms with Crippen LogP contribution in [0.15, 0.2) is 110 Å². The lowest BCUT2D eigenvalue weighted by Crippen LogP contribution is -2.29. The fraction of sp³-hybridized carbons (Fsp3) is 0.103. The smallest absolute Gasteiger partial charge is 0.270 e. The predicted octanol–water partition coefficient (Wildman–Crippen LogP) is 6.08. The van der Waals surface area contributed by atoms with Gasteiger partial charge < -0.3 is 15.2 Å². The third-order valence-electron chi connectivity index (χ3n) is 5.54. The van der Waals surface area contributed by atoms with Crippen LogP contribution >= 0.6 is 0 Å². The number of aromatic amines is 1. The summed E-state index contributed by atoms with van der Waals surface area (Å²) in [7, 11) is 1.78. The van der Waals surface area contributed by atoms with Gasteiger partial charge in [0.25, 0.3) is 5.91 Å². The summed E-state index contributed by atoms with van der Waals surface area (Å²) in [6.45, 7) is 10.1. The van der Waals surface area contributed by atoms with E-state index < -0.39 is 0 Å². The Kier molecular flexibility index (Phi) is 7.51. The van der Waals surface area contributed by atoms with Crippen molar-refractivity contribution in [1.29, 1.82) is 0 Å². The lowest BCUT2D eigenvalue weighted by molar-refractivity contribution is 0.0803. The summed E-state index contributed by atoms with van der Waals surface area (Å²) in [5.41, 5.74) is 5.58. The van der Waals surface area contributed by atoms with Gasteiger partial charge in [-0.2, -0.15) is 0 Å². The van der Waals surface area contributed by atoms with Gasteiger partial charge in [0.05, 0.1) is 11.4 Å². The molecule has 2 N–H and O–H groups in total. The number of H-pyrrole nitrogens is 1. The lowest BCUT2D eigenvalue weighted by atomic mass is 10.1. The fourth-order valence-electron chi connectivity index (χ4n) is 3.64. The monoisotopic (exact) mass is 476 g/mol.